The summed E-state index contributed by atoms with van der Waals surface area (Å²) in [6.45, 7) is 1.98. The third-order valence-corrected chi connectivity index (χ3v) is 6.12. The van der Waals surface area contributed by atoms with E-state index in [1.54, 1.807) is 20.2 Å². The number of carbonyl (C=O) groups excluding carboxylic acids is 2. The molecule has 2 amide bonds. The quantitative estimate of drug-likeness (QED) is 0.435. The minimum Gasteiger partial charge on any atom is -0.479 e. The number of carboxylic acid groups (broad SMARTS) is 1. The predicted octanol–water partition coefficient (Wildman–Crippen LogP) is 3.37. The molecule has 1 aromatic heterocycles. The van der Waals surface area contributed by atoms with Crippen LogP contribution in [-0.2, 0) is 21.4 Å². The summed E-state index contributed by atoms with van der Waals surface area (Å²) in [6.07, 6.45) is 2.77. The van der Waals surface area contributed by atoms with Gasteiger partial charge < -0.3 is 20.5 Å². The smallest absolute Gasteiger partial charge is 0.407 e. The third-order valence-electron chi connectivity index (χ3n) is 6.12. The van der Waals surface area contributed by atoms with Crippen LogP contribution in [0, 0.1) is 0 Å². The normalized spacial score (nSPS) is 13.9. The Balaban J connectivity index is 1.26. The van der Waals surface area contributed by atoms with Gasteiger partial charge in [-0.05, 0) is 35.6 Å². The van der Waals surface area contributed by atoms with Crippen molar-refractivity contribution in [2.75, 3.05) is 6.61 Å². The highest BCUT2D eigenvalue weighted by atomic mass is 16.5. The Morgan fingerprint density at radius 3 is 2.26 bits per heavy atom. The van der Waals surface area contributed by atoms with Gasteiger partial charge in [0.15, 0.2) is 6.04 Å². The molecule has 0 saturated heterocycles. The van der Waals surface area contributed by atoms with E-state index in [1.807, 2.05) is 24.3 Å². The molecule has 1 heterocycles. The molecule has 0 spiro atoms. The highest BCUT2D eigenvalue weighted by Gasteiger charge is 2.29. The molecule has 35 heavy (non-hydrogen) atoms. The zero-order valence-corrected chi connectivity index (χ0v) is 19.6. The van der Waals surface area contributed by atoms with Crippen LogP contribution in [-0.4, -0.2) is 45.5 Å². The first-order valence-corrected chi connectivity index (χ1v) is 11.5. The van der Waals surface area contributed by atoms with Crippen molar-refractivity contribution in [1.29, 1.82) is 0 Å². The second-order valence-electron chi connectivity index (χ2n) is 8.70. The van der Waals surface area contributed by atoms with Crippen LogP contribution < -0.4 is 10.6 Å². The maximum atomic E-state index is 12.4. The number of hydrogen-bond donors (Lipinski definition) is 3. The molecule has 3 aromatic rings. The number of aromatic nitrogens is 2. The van der Waals surface area contributed by atoms with E-state index in [0.29, 0.717) is 12.0 Å². The molecule has 9 nitrogen and oxygen atoms in total. The van der Waals surface area contributed by atoms with Crippen LogP contribution in [0.3, 0.4) is 0 Å². The second-order valence-corrected chi connectivity index (χ2v) is 8.70. The fraction of sp³-hybridized carbons (Fsp3) is 0.308. The van der Waals surface area contributed by atoms with Gasteiger partial charge in [0.05, 0.1) is 6.20 Å². The fourth-order valence-electron chi connectivity index (χ4n) is 4.37. The minimum atomic E-state index is -1.18. The van der Waals surface area contributed by atoms with E-state index < -0.39 is 24.0 Å². The van der Waals surface area contributed by atoms with Crippen LogP contribution in [0.5, 0.6) is 0 Å². The number of benzene rings is 2. The summed E-state index contributed by atoms with van der Waals surface area (Å²) in [5.41, 5.74) is 4.96. The lowest BCUT2D eigenvalue weighted by Gasteiger charge is -2.18. The zero-order chi connectivity index (χ0) is 24.9. The molecular weight excluding hydrogens is 448 g/mol. The van der Waals surface area contributed by atoms with Crippen molar-refractivity contribution in [3.8, 4) is 11.1 Å². The molecule has 2 unspecified atom stereocenters. The molecule has 3 N–H and O–H groups in total. The monoisotopic (exact) mass is 476 g/mol. The number of rotatable bonds is 9. The Bertz CT molecular complexity index is 1190. The molecule has 0 aliphatic heterocycles. The van der Waals surface area contributed by atoms with E-state index in [2.05, 4.69) is 40.0 Å². The van der Waals surface area contributed by atoms with E-state index in [-0.39, 0.29) is 25.0 Å². The molecule has 0 bridgehead atoms. The largest absolute Gasteiger partial charge is 0.479 e. The number of ether oxygens (including phenoxy) is 1. The molecular formula is C26H28N4O5. The average molecular weight is 477 g/mol. The van der Waals surface area contributed by atoms with Gasteiger partial charge in [-0.15, -0.1) is 0 Å². The molecule has 182 valence electrons. The molecule has 4 rings (SSSR count). The lowest BCUT2D eigenvalue weighted by Crippen LogP contribution is -2.37. The maximum Gasteiger partial charge on any atom is 0.407 e. The summed E-state index contributed by atoms with van der Waals surface area (Å²) in [5, 5.41) is 18.6. The van der Waals surface area contributed by atoms with Crippen molar-refractivity contribution in [2.24, 2.45) is 7.05 Å². The maximum absolute atomic E-state index is 12.4. The highest BCUT2D eigenvalue weighted by molar-refractivity contribution is 5.84. The summed E-state index contributed by atoms with van der Waals surface area (Å²) in [5.74, 6) is -1.63. The lowest BCUT2D eigenvalue weighted by atomic mass is 9.98. The van der Waals surface area contributed by atoms with Crippen LogP contribution >= 0.6 is 0 Å². The minimum absolute atomic E-state index is 0.0327. The van der Waals surface area contributed by atoms with Crippen LogP contribution in [0.25, 0.3) is 11.1 Å². The van der Waals surface area contributed by atoms with Crippen molar-refractivity contribution in [3.05, 3.63) is 77.6 Å². The molecule has 2 atom stereocenters. The van der Waals surface area contributed by atoms with Gasteiger partial charge in [0, 0.05) is 37.2 Å². The number of carboxylic acids is 1. The topological polar surface area (TPSA) is 123 Å². The fourth-order valence-corrected chi connectivity index (χ4v) is 4.37. The third kappa shape index (κ3) is 5.51. The molecule has 2 aromatic carbocycles. The van der Waals surface area contributed by atoms with Crippen molar-refractivity contribution in [1.82, 2.24) is 20.4 Å². The first-order valence-electron chi connectivity index (χ1n) is 11.5. The standard InChI is InChI=1S/C26H28N4O5/c1-16(11-12-23(31)29-24(25(32)33)17-13-27-30(2)14-17)28-26(34)35-15-22-20-9-5-3-7-18(20)19-8-4-6-10-21(19)22/h3-10,13-14,16,22,24H,11-12,15H2,1-2H3,(H,28,34)(H,29,31)(H,32,33). The SMILES string of the molecule is CC(CCC(=O)NC(C(=O)O)c1cnn(C)c1)NC(=O)OCC1c2ccccc2-c2ccccc21. The highest BCUT2D eigenvalue weighted by Crippen LogP contribution is 2.44. The Morgan fingerprint density at radius 2 is 1.69 bits per heavy atom. The summed E-state index contributed by atoms with van der Waals surface area (Å²) >= 11 is 0. The van der Waals surface area contributed by atoms with Crippen molar-refractivity contribution >= 4 is 18.0 Å². The van der Waals surface area contributed by atoms with Crippen LogP contribution in [0.4, 0.5) is 4.79 Å². The Kier molecular flexibility index (Phi) is 7.14. The molecule has 1 aliphatic rings. The van der Waals surface area contributed by atoms with Gasteiger partial charge in [0.25, 0.3) is 0 Å². The number of alkyl carbamates (subject to hydrolysis) is 1. The van der Waals surface area contributed by atoms with Gasteiger partial charge >= 0.3 is 12.1 Å². The van der Waals surface area contributed by atoms with Gasteiger partial charge in [0.2, 0.25) is 5.91 Å². The number of fused-ring (bicyclic) bond motifs is 3. The van der Waals surface area contributed by atoms with Crippen LogP contribution in [0.2, 0.25) is 0 Å². The van der Waals surface area contributed by atoms with Gasteiger partial charge in [-0.1, -0.05) is 48.5 Å². The lowest BCUT2D eigenvalue weighted by molar-refractivity contribution is -0.142. The molecule has 0 saturated carbocycles. The summed E-state index contributed by atoms with van der Waals surface area (Å²) in [7, 11) is 1.67. The van der Waals surface area contributed by atoms with E-state index in [1.165, 1.54) is 10.9 Å². The Labute approximate surface area is 203 Å². The van der Waals surface area contributed by atoms with Gasteiger partial charge in [-0.25, -0.2) is 9.59 Å². The number of aliphatic carboxylic acids is 1. The Morgan fingerprint density at radius 1 is 1.06 bits per heavy atom. The van der Waals surface area contributed by atoms with Crippen molar-refractivity contribution in [3.63, 3.8) is 0 Å². The number of aryl methyl sites for hydroxylation is 1. The molecule has 1 aliphatic carbocycles. The van der Waals surface area contributed by atoms with E-state index in [9.17, 15) is 19.5 Å². The number of hydrogen-bond acceptors (Lipinski definition) is 5. The predicted molar refractivity (Wildman–Crippen MR) is 129 cm³/mol. The first-order chi connectivity index (χ1) is 16.8. The van der Waals surface area contributed by atoms with Crippen LogP contribution in [0.15, 0.2) is 60.9 Å². The summed E-state index contributed by atoms with van der Waals surface area (Å²) in [6, 6.07) is 14.7. The van der Waals surface area contributed by atoms with Gasteiger partial charge in [-0.3, -0.25) is 9.48 Å². The molecule has 9 heteroatoms. The molecule has 0 radical (unpaired) electrons. The van der Waals surface area contributed by atoms with E-state index in [0.717, 1.165) is 22.3 Å². The number of nitrogens with one attached hydrogen (secondary N) is 2. The first kappa shape index (κ1) is 24.0. The number of amides is 2. The number of carbonyl (C=O) groups is 3. The average Bonchev–Trinajstić information content (AvgIpc) is 3.41. The van der Waals surface area contributed by atoms with Crippen molar-refractivity contribution < 1.29 is 24.2 Å². The van der Waals surface area contributed by atoms with E-state index in [4.69, 9.17) is 4.74 Å². The second kappa shape index (κ2) is 10.4. The number of nitrogens with zero attached hydrogens (tertiary/aromatic N) is 2. The van der Waals surface area contributed by atoms with E-state index >= 15 is 0 Å². The van der Waals surface area contributed by atoms with Gasteiger partial charge in [-0.2, -0.15) is 5.10 Å². The molecule has 0 fully saturated rings. The summed E-state index contributed by atoms with van der Waals surface area (Å²) in [4.78, 5) is 36.3. The van der Waals surface area contributed by atoms with Crippen LogP contribution in [0.1, 0.15) is 48.4 Å². The van der Waals surface area contributed by atoms with Crippen molar-refractivity contribution in [2.45, 2.75) is 37.8 Å². The summed E-state index contributed by atoms with van der Waals surface area (Å²) < 4.78 is 7.01. The van der Waals surface area contributed by atoms with Gasteiger partial charge in [0.1, 0.15) is 6.61 Å². The Hall–Kier alpha value is -4.14. The zero-order valence-electron chi connectivity index (χ0n) is 19.6.